The SMILES string of the molecule is Cc1cccc(Cc2ncc3c(n2)CCNCC3)c1. The zero-order chi connectivity index (χ0) is 13.1. The van der Waals surface area contributed by atoms with Crippen molar-refractivity contribution in [3.05, 3.63) is 58.7 Å². The van der Waals surface area contributed by atoms with E-state index in [0.717, 1.165) is 38.2 Å². The van der Waals surface area contributed by atoms with Gasteiger partial charge in [0.1, 0.15) is 5.82 Å². The van der Waals surface area contributed by atoms with Crippen LogP contribution in [0.5, 0.6) is 0 Å². The molecule has 1 aromatic heterocycles. The fraction of sp³-hybridized carbons (Fsp3) is 0.375. The standard InChI is InChI=1S/C16H19N3/c1-12-3-2-4-13(9-12)10-16-18-11-14-5-7-17-8-6-15(14)19-16/h2-4,9,11,17H,5-8,10H2,1H3. The highest BCUT2D eigenvalue weighted by atomic mass is 14.9. The lowest BCUT2D eigenvalue weighted by Crippen LogP contribution is -2.16. The predicted molar refractivity (Wildman–Crippen MR) is 76.3 cm³/mol. The highest BCUT2D eigenvalue weighted by Crippen LogP contribution is 2.13. The molecule has 3 rings (SSSR count). The largest absolute Gasteiger partial charge is 0.316 e. The number of hydrogen-bond acceptors (Lipinski definition) is 3. The van der Waals surface area contributed by atoms with Gasteiger partial charge in [0.2, 0.25) is 0 Å². The van der Waals surface area contributed by atoms with E-state index in [0.29, 0.717) is 0 Å². The third kappa shape index (κ3) is 2.99. The Kier molecular flexibility index (Phi) is 3.56. The third-order valence-electron chi connectivity index (χ3n) is 3.56. The van der Waals surface area contributed by atoms with Crippen LogP contribution in [0.4, 0.5) is 0 Å². The quantitative estimate of drug-likeness (QED) is 0.890. The molecule has 2 heterocycles. The number of hydrogen-bond donors (Lipinski definition) is 1. The highest BCUT2D eigenvalue weighted by Gasteiger charge is 2.10. The van der Waals surface area contributed by atoms with Crippen molar-refractivity contribution in [2.45, 2.75) is 26.2 Å². The van der Waals surface area contributed by atoms with E-state index in [-0.39, 0.29) is 0 Å². The molecule has 1 aliphatic heterocycles. The summed E-state index contributed by atoms with van der Waals surface area (Å²) in [6, 6.07) is 8.56. The van der Waals surface area contributed by atoms with Crippen LogP contribution >= 0.6 is 0 Å². The Morgan fingerprint density at radius 1 is 1.21 bits per heavy atom. The fourth-order valence-corrected chi connectivity index (χ4v) is 2.55. The van der Waals surface area contributed by atoms with Crippen molar-refractivity contribution in [3.8, 4) is 0 Å². The van der Waals surface area contributed by atoms with Gasteiger partial charge in [-0.15, -0.1) is 0 Å². The minimum Gasteiger partial charge on any atom is -0.316 e. The molecular formula is C16H19N3. The molecule has 1 N–H and O–H groups in total. The topological polar surface area (TPSA) is 37.8 Å². The first-order valence-corrected chi connectivity index (χ1v) is 6.91. The van der Waals surface area contributed by atoms with Gasteiger partial charge in [0.25, 0.3) is 0 Å². The molecule has 0 amide bonds. The summed E-state index contributed by atoms with van der Waals surface area (Å²) >= 11 is 0. The van der Waals surface area contributed by atoms with Crippen LogP contribution in [0.15, 0.2) is 30.5 Å². The van der Waals surface area contributed by atoms with E-state index in [1.807, 2.05) is 6.20 Å². The number of aromatic nitrogens is 2. The van der Waals surface area contributed by atoms with Gasteiger partial charge in [-0.3, -0.25) is 0 Å². The number of fused-ring (bicyclic) bond motifs is 1. The predicted octanol–water partition coefficient (Wildman–Crippen LogP) is 2.06. The van der Waals surface area contributed by atoms with E-state index >= 15 is 0 Å². The van der Waals surface area contributed by atoms with Crippen molar-refractivity contribution in [2.24, 2.45) is 0 Å². The van der Waals surface area contributed by atoms with Crippen molar-refractivity contribution in [2.75, 3.05) is 13.1 Å². The van der Waals surface area contributed by atoms with Gasteiger partial charge in [0, 0.05) is 31.3 Å². The first kappa shape index (κ1) is 12.3. The van der Waals surface area contributed by atoms with Gasteiger partial charge in [-0.2, -0.15) is 0 Å². The number of benzene rings is 1. The average Bonchev–Trinajstić information content (AvgIpc) is 2.63. The van der Waals surface area contributed by atoms with Crippen LogP contribution in [-0.4, -0.2) is 23.1 Å². The second-order valence-corrected chi connectivity index (χ2v) is 5.17. The molecule has 98 valence electrons. The normalized spacial score (nSPS) is 14.8. The van der Waals surface area contributed by atoms with Gasteiger partial charge in [-0.1, -0.05) is 29.8 Å². The summed E-state index contributed by atoms with van der Waals surface area (Å²) in [7, 11) is 0. The number of aryl methyl sites for hydroxylation is 1. The average molecular weight is 253 g/mol. The number of nitrogens with zero attached hydrogens (tertiary/aromatic N) is 2. The summed E-state index contributed by atoms with van der Waals surface area (Å²) in [5, 5.41) is 3.40. The molecule has 0 saturated carbocycles. The van der Waals surface area contributed by atoms with Crippen molar-refractivity contribution in [1.29, 1.82) is 0 Å². The molecule has 1 aliphatic rings. The lowest BCUT2D eigenvalue weighted by molar-refractivity contribution is 0.708. The van der Waals surface area contributed by atoms with Crippen LogP contribution in [0.2, 0.25) is 0 Å². The maximum atomic E-state index is 4.75. The van der Waals surface area contributed by atoms with Crippen LogP contribution in [0, 0.1) is 6.92 Å². The summed E-state index contributed by atoms with van der Waals surface area (Å²) < 4.78 is 0. The molecule has 0 bridgehead atoms. The molecule has 0 unspecified atom stereocenters. The van der Waals surface area contributed by atoms with Crippen LogP contribution in [0.25, 0.3) is 0 Å². The van der Waals surface area contributed by atoms with Crippen molar-refractivity contribution in [1.82, 2.24) is 15.3 Å². The molecular weight excluding hydrogens is 234 g/mol. The van der Waals surface area contributed by atoms with Gasteiger partial charge in [-0.05, 0) is 31.0 Å². The molecule has 0 atom stereocenters. The molecule has 2 aromatic rings. The van der Waals surface area contributed by atoms with Crippen molar-refractivity contribution >= 4 is 0 Å². The molecule has 0 spiro atoms. The lowest BCUT2D eigenvalue weighted by atomic mass is 10.1. The van der Waals surface area contributed by atoms with Gasteiger partial charge < -0.3 is 5.32 Å². The van der Waals surface area contributed by atoms with E-state index in [9.17, 15) is 0 Å². The molecule has 0 fully saturated rings. The van der Waals surface area contributed by atoms with E-state index in [2.05, 4.69) is 41.5 Å². The molecule has 3 nitrogen and oxygen atoms in total. The Morgan fingerprint density at radius 3 is 3.00 bits per heavy atom. The zero-order valence-corrected chi connectivity index (χ0v) is 11.3. The second-order valence-electron chi connectivity index (χ2n) is 5.17. The van der Waals surface area contributed by atoms with Crippen LogP contribution in [-0.2, 0) is 19.3 Å². The Balaban J connectivity index is 1.84. The summed E-state index contributed by atoms with van der Waals surface area (Å²) in [5.41, 5.74) is 5.10. The van der Waals surface area contributed by atoms with Crippen LogP contribution in [0.3, 0.4) is 0 Å². The van der Waals surface area contributed by atoms with Gasteiger partial charge in [0.05, 0.1) is 0 Å². The first-order valence-electron chi connectivity index (χ1n) is 6.91. The van der Waals surface area contributed by atoms with Gasteiger partial charge in [0.15, 0.2) is 0 Å². The van der Waals surface area contributed by atoms with Gasteiger partial charge >= 0.3 is 0 Å². The summed E-state index contributed by atoms with van der Waals surface area (Å²) in [6.45, 7) is 4.18. The molecule has 0 aliphatic carbocycles. The van der Waals surface area contributed by atoms with Gasteiger partial charge in [-0.25, -0.2) is 9.97 Å². The summed E-state index contributed by atoms with van der Waals surface area (Å²) in [4.78, 5) is 9.27. The van der Waals surface area contributed by atoms with Crippen LogP contribution in [0.1, 0.15) is 28.2 Å². The zero-order valence-electron chi connectivity index (χ0n) is 11.3. The first-order chi connectivity index (χ1) is 9.31. The van der Waals surface area contributed by atoms with Crippen molar-refractivity contribution < 1.29 is 0 Å². The number of rotatable bonds is 2. The van der Waals surface area contributed by atoms with E-state index < -0.39 is 0 Å². The number of nitrogens with one attached hydrogen (secondary N) is 1. The Labute approximate surface area is 114 Å². The Bertz CT molecular complexity index is 578. The minimum atomic E-state index is 0.822. The molecule has 0 saturated heterocycles. The van der Waals surface area contributed by atoms with E-state index in [4.69, 9.17) is 4.98 Å². The van der Waals surface area contributed by atoms with Crippen molar-refractivity contribution in [3.63, 3.8) is 0 Å². The monoisotopic (exact) mass is 253 g/mol. The minimum absolute atomic E-state index is 0.822. The highest BCUT2D eigenvalue weighted by molar-refractivity contribution is 5.26. The second kappa shape index (κ2) is 5.49. The molecule has 19 heavy (non-hydrogen) atoms. The molecule has 0 radical (unpaired) electrons. The third-order valence-corrected chi connectivity index (χ3v) is 3.56. The molecule has 1 aromatic carbocycles. The fourth-order valence-electron chi connectivity index (χ4n) is 2.55. The summed E-state index contributed by atoms with van der Waals surface area (Å²) in [5.74, 6) is 0.936. The summed E-state index contributed by atoms with van der Waals surface area (Å²) in [6.07, 6.45) is 4.89. The molecule has 3 heteroatoms. The lowest BCUT2D eigenvalue weighted by Gasteiger charge is -2.07. The Hall–Kier alpha value is -1.74. The smallest absolute Gasteiger partial charge is 0.132 e. The maximum absolute atomic E-state index is 4.75. The Morgan fingerprint density at radius 2 is 2.11 bits per heavy atom. The maximum Gasteiger partial charge on any atom is 0.132 e. The van der Waals surface area contributed by atoms with E-state index in [1.165, 1.54) is 22.4 Å². The van der Waals surface area contributed by atoms with E-state index in [1.54, 1.807) is 0 Å². The van der Waals surface area contributed by atoms with Crippen LogP contribution < -0.4 is 5.32 Å².